The van der Waals surface area contributed by atoms with Crippen molar-refractivity contribution in [3.05, 3.63) is 54.5 Å². The van der Waals surface area contributed by atoms with Crippen molar-refractivity contribution < 1.29 is 9.52 Å². The standard InChI is InChI=1S/C16H19NO2/c18-16(12-14-6-11-19-13-14)7-9-17(10-8-16)15-4-2-1-3-5-15/h1-6,11,13,18H,7-10,12H2. The van der Waals surface area contributed by atoms with E-state index in [2.05, 4.69) is 29.2 Å². The largest absolute Gasteiger partial charge is 0.472 e. The van der Waals surface area contributed by atoms with E-state index in [9.17, 15) is 5.11 Å². The average molecular weight is 257 g/mol. The minimum Gasteiger partial charge on any atom is -0.472 e. The van der Waals surface area contributed by atoms with Gasteiger partial charge in [0, 0.05) is 25.2 Å². The zero-order chi connectivity index (χ0) is 13.1. The fourth-order valence-corrected chi connectivity index (χ4v) is 2.77. The summed E-state index contributed by atoms with van der Waals surface area (Å²) in [5, 5.41) is 10.6. The molecule has 3 nitrogen and oxygen atoms in total. The first kappa shape index (κ1) is 12.3. The molecule has 0 spiro atoms. The minimum absolute atomic E-state index is 0.588. The molecule has 0 amide bonds. The van der Waals surface area contributed by atoms with E-state index in [4.69, 9.17) is 4.42 Å². The number of piperidine rings is 1. The van der Waals surface area contributed by atoms with Gasteiger partial charge in [0.2, 0.25) is 0 Å². The molecule has 0 atom stereocenters. The van der Waals surface area contributed by atoms with Crippen LogP contribution in [-0.2, 0) is 6.42 Å². The predicted octanol–water partition coefficient (Wildman–Crippen LogP) is 2.85. The number of aliphatic hydroxyl groups is 1. The van der Waals surface area contributed by atoms with Gasteiger partial charge < -0.3 is 14.4 Å². The number of anilines is 1. The number of para-hydroxylation sites is 1. The van der Waals surface area contributed by atoms with E-state index >= 15 is 0 Å². The zero-order valence-corrected chi connectivity index (χ0v) is 11.0. The van der Waals surface area contributed by atoms with Crippen molar-refractivity contribution >= 4 is 5.69 Å². The summed E-state index contributed by atoms with van der Waals surface area (Å²) in [4.78, 5) is 2.34. The third-order valence-corrected chi connectivity index (χ3v) is 3.93. The van der Waals surface area contributed by atoms with Gasteiger partial charge in [0.25, 0.3) is 0 Å². The number of nitrogens with zero attached hydrogens (tertiary/aromatic N) is 1. The molecule has 0 radical (unpaired) electrons. The Morgan fingerprint density at radius 3 is 2.47 bits per heavy atom. The Balaban J connectivity index is 1.62. The monoisotopic (exact) mass is 257 g/mol. The number of hydrogen-bond donors (Lipinski definition) is 1. The van der Waals surface area contributed by atoms with E-state index in [1.165, 1.54) is 5.69 Å². The first-order valence-electron chi connectivity index (χ1n) is 6.79. The van der Waals surface area contributed by atoms with E-state index in [0.717, 1.165) is 31.5 Å². The van der Waals surface area contributed by atoms with Gasteiger partial charge in [0.15, 0.2) is 0 Å². The highest BCUT2D eigenvalue weighted by molar-refractivity contribution is 5.46. The van der Waals surface area contributed by atoms with Crippen molar-refractivity contribution in [2.75, 3.05) is 18.0 Å². The second-order valence-electron chi connectivity index (χ2n) is 5.36. The summed E-state index contributed by atoms with van der Waals surface area (Å²) in [7, 11) is 0. The van der Waals surface area contributed by atoms with Crippen molar-refractivity contribution in [3.63, 3.8) is 0 Å². The van der Waals surface area contributed by atoms with Crippen LogP contribution in [0.1, 0.15) is 18.4 Å². The Morgan fingerprint density at radius 2 is 1.84 bits per heavy atom. The molecule has 3 rings (SSSR count). The molecule has 1 aliphatic rings. The normalized spacial score (nSPS) is 18.5. The highest BCUT2D eigenvalue weighted by Crippen LogP contribution is 2.29. The lowest BCUT2D eigenvalue weighted by molar-refractivity contribution is 0.0164. The highest BCUT2D eigenvalue weighted by Gasteiger charge is 2.32. The van der Waals surface area contributed by atoms with Crippen LogP contribution in [0.3, 0.4) is 0 Å². The van der Waals surface area contributed by atoms with Crippen LogP contribution in [0.2, 0.25) is 0 Å². The predicted molar refractivity (Wildman–Crippen MR) is 75.3 cm³/mol. The molecule has 2 heterocycles. The molecule has 0 aliphatic carbocycles. The molecule has 0 bridgehead atoms. The van der Waals surface area contributed by atoms with E-state index in [0.29, 0.717) is 6.42 Å². The third-order valence-electron chi connectivity index (χ3n) is 3.93. The third kappa shape index (κ3) is 2.82. The SMILES string of the molecule is OC1(Cc2ccoc2)CCN(c2ccccc2)CC1. The van der Waals surface area contributed by atoms with E-state index in [1.807, 2.05) is 12.1 Å². The number of furan rings is 1. The van der Waals surface area contributed by atoms with Crippen LogP contribution in [0.5, 0.6) is 0 Å². The van der Waals surface area contributed by atoms with Gasteiger partial charge in [-0.25, -0.2) is 0 Å². The molecule has 1 saturated heterocycles. The van der Waals surface area contributed by atoms with Gasteiger partial charge in [-0.2, -0.15) is 0 Å². The molecule has 1 N–H and O–H groups in total. The molecule has 1 aliphatic heterocycles. The Labute approximate surface area is 113 Å². The van der Waals surface area contributed by atoms with Crippen molar-refractivity contribution in [2.45, 2.75) is 24.9 Å². The summed E-state index contributed by atoms with van der Waals surface area (Å²) < 4.78 is 5.07. The van der Waals surface area contributed by atoms with Crippen molar-refractivity contribution in [1.29, 1.82) is 0 Å². The van der Waals surface area contributed by atoms with Crippen LogP contribution >= 0.6 is 0 Å². The molecular weight excluding hydrogens is 238 g/mol. The lowest BCUT2D eigenvalue weighted by Crippen LogP contribution is -2.45. The van der Waals surface area contributed by atoms with Crippen molar-refractivity contribution in [1.82, 2.24) is 0 Å². The van der Waals surface area contributed by atoms with Gasteiger partial charge in [0.05, 0.1) is 18.1 Å². The minimum atomic E-state index is -0.588. The molecular formula is C16H19NO2. The average Bonchev–Trinajstić information content (AvgIpc) is 2.93. The van der Waals surface area contributed by atoms with Crippen LogP contribution in [0.4, 0.5) is 5.69 Å². The van der Waals surface area contributed by atoms with Gasteiger partial charge in [-0.15, -0.1) is 0 Å². The zero-order valence-electron chi connectivity index (χ0n) is 11.0. The van der Waals surface area contributed by atoms with Gasteiger partial charge >= 0.3 is 0 Å². The molecule has 2 aromatic rings. The maximum Gasteiger partial charge on any atom is 0.0935 e. The smallest absolute Gasteiger partial charge is 0.0935 e. The molecule has 1 fully saturated rings. The Bertz CT molecular complexity index is 499. The van der Waals surface area contributed by atoms with Crippen LogP contribution in [0.15, 0.2) is 53.3 Å². The highest BCUT2D eigenvalue weighted by atomic mass is 16.3. The summed E-state index contributed by atoms with van der Waals surface area (Å²) in [5.41, 5.74) is 1.73. The number of benzene rings is 1. The lowest BCUT2D eigenvalue weighted by atomic mass is 9.86. The van der Waals surface area contributed by atoms with Crippen molar-refractivity contribution in [2.24, 2.45) is 0 Å². The van der Waals surface area contributed by atoms with Crippen molar-refractivity contribution in [3.8, 4) is 0 Å². The fraction of sp³-hybridized carbons (Fsp3) is 0.375. The van der Waals surface area contributed by atoms with Gasteiger partial charge in [-0.3, -0.25) is 0 Å². The molecule has 3 heteroatoms. The maximum atomic E-state index is 10.6. The summed E-state index contributed by atoms with van der Waals surface area (Å²) in [5.74, 6) is 0. The van der Waals surface area contributed by atoms with Crippen LogP contribution < -0.4 is 4.90 Å². The van der Waals surface area contributed by atoms with Gasteiger partial charge in [-0.05, 0) is 36.6 Å². The Kier molecular flexibility index (Phi) is 3.30. The molecule has 1 aromatic heterocycles. The molecule has 0 saturated carbocycles. The van der Waals surface area contributed by atoms with E-state index in [1.54, 1.807) is 12.5 Å². The van der Waals surface area contributed by atoms with E-state index in [-0.39, 0.29) is 0 Å². The van der Waals surface area contributed by atoms with Crippen LogP contribution in [0.25, 0.3) is 0 Å². The summed E-state index contributed by atoms with van der Waals surface area (Å²) in [6.45, 7) is 1.80. The fourth-order valence-electron chi connectivity index (χ4n) is 2.77. The number of hydrogen-bond acceptors (Lipinski definition) is 3. The second kappa shape index (κ2) is 5.10. The molecule has 0 unspecified atom stereocenters. The first-order chi connectivity index (χ1) is 9.25. The lowest BCUT2D eigenvalue weighted by Gasteiger charge is -2.39. The van der Waals surface area contributed by atoms with Crippen LogP contribution in [-0.4, -0.2) is 23.8 Å². The topological polar surface area (TPSA) is 36.6 Å². The molecule has 100 valence electrons. The second-order valence-corrected chi connectivity index (χ2v) is 5.36. The molecule has 19 heavy (non-hydrogen) atoms. The Hall–Kier alpha value is -1.74. The first-order valence-corrected chi connectivity index (χ1v) is 6.79. The summed E-state index contributed by atoms with van der Waals surface area (Å²) >= 11 is 0. The summed E-state index contributed by atoms with van der Waals surface area (Å²) in [6.07, 6.45) is 5.67. The van der Waals surface area contributed by atoms with E-state index < -0.39 is 5.60 Å². The quantitative estimate of drug-likeness (QED) is 0.918. The number of rotatable bonds is 3. The van der Waals surface area contributed by atoms with Crippen LogP contribution in [0, 0.1) is 0 Å². The maximum absolute atomic E-state index is 10.6. The summed E-state index contributed by atoms with van der Waals surface area (Å²) in [6, 6.07) is 12.3. The van der Waals surface area contributed by atoms with Gasteiger partial charge in [-0.1, -0.05) is 18.2 Å². The molecule has 1 aromatic carbocycles. The Morgan fingerprint density at radius 1 is 1.11 bits per heavy atom. The van der Waals surface area contributed by atoms with Gasteiger partial charge in [0.1, 0.15) is 0 Å².